The smallest absolute Gasteiger partial charge is 0.262 e. The van der Waals surface area contributed by atoms with Gasteiger partial charge in [-0.2, -0.15) is 0 Å². The molecule has 0 aliphatic carbocycles. The highest BCUT2D eigenvalue weighted by molar-refractivity contribution is 7.94. The Bertz CT molecular complexity index is 951. The maximum atomic E-state index is 13.4. The molecule has 0 radical (unpaired) electrons. The van der Waals surface area contributed by atoms with Crippen molar-refractivity contribution < 1.29 is 22.7 Å². The van der Waals surface area contributed by atoms with Crippen LogP contribution in [0, 0.1) is 0 Å². The normalized spacial score (nSPS) is 17.5. The van der Waals surface area contributed by atoms with Crippen molar-refractivity contribution in [1.82, 2.24) is 0 Å². The highest BCUT2D eigenvalue weighted by Crippen LogP contribution is 2.29. The monoisotopic (exact) mass is 387 g/mol. The van der Waals surface area contributed by atoms with Crippen molar-refractivity contribution >= 4 is 21.4 Å². The zero-order chi connectivity index (χ0) is 19.4. The minimum Gasteiger partial charge on any atom is -0.497 e. The first-order valence-corrected chi connectivity index (χ1v) is 10.3. The summed E-state index contributed by atoms with van der Waals surface area (Å²) in [4.78, 5) is 14.9. The number of rotatable bonds is 6. The average molecular weight is 387 g/mol. The predicted octanol–water partition coefficient (Wildman–Crippen LogP) is 3.05. The molecule has 0 unspecified atom stereocenters. The fourth-order valence-electron chi connectivity index (χ4n) is 2.98. The van der Waals surface area contributed by atoms with E-state index in [0.29, 0.717) is 29.4 Å². The van der Waals surface area contributed by atoms with Crippen molar-refractivity contribution in [1.29, 1.82) is 0 Å². The quantitative estimate of drug-likeness (QED) is 0.762. The molecule has 0 fully saturated rings. The van der Waals surface area contributed by atoms with Gasteiger partial charge < -0.3 is 14.4 Å². The van der Waals surface area contributed by atoms with E-state index in [1.54, 1.807) is 61.7 Å². The zero-order valence-corrected chi connectivity index (χ0v) is 16.0. The van der Waals surface area contributed by atoms with Crippen LogP contribution in [0.5, 0.6) is 11.5 Å². The van der Waals surface area contributed by atoms with Gasteiger partial charge in [0, 0.05) is 11.1 Å². The summed E-state index contributed by atoms with van der Waals surface area (Å²) in [6, 6.07) is 13.3. The first-order chi connectivity index (χ1) is 12.9. The molecule has 0 N–H and O–H groups in total. The Morgan fingerprint density at radius 2 is 1.85 bits per heavy atom. The first kappa shape index (κ1) is 19.0. The number of ether oxygens (including phenoxy) is 2. The van der Waals surface area contributed by atoms with Crippen molar-refractivity contribution in [3.05, 3.63) is 65.6 Å². The van der Waals surface area contributed by atoms with E-state index in [2.05, 4.69) is 0 Å². The van der Waals surface area contributed by atoms with E-state index in [9.17, 15) is 13.2 Å². The molecular weight excluding hydrogens is 366 g/mol. The number of benzene rings is 2. The van der Waals surface area contributed by atoms with Gasteiger partial charge in [-0.3, -0.25) is 4.79 Å². The molecule has 1 heterocycles. The second-order valence-electron chi connectivity index (χ2n) is 6.03. The zero-order valence-electron chi connectivity index (χ0n) is 15.2. The lowest BCUT2D eigenvalue weighted by atomic mass is 10.1. The highest BCUT2D eigenvalue weighted by Gasteiger charge is 2.33. The van der Waals surface area contributed by atoms with E-state index in [0.717, 1.165) is 5.41 Å². The van der Waals surface area contributed by atoms with Gasteiger partial charge in [-0.15, -0.1) is 0 Å². The van der Waals surface area contributed by atoms with Crippen molar-refractivity contribution in [2.45, 2.75) is 13.0 Å². The molecular formula is C20H21NO5S. The molecule has 7 heteroatoms. The number of anilines is 1. The molecule has 6 nitrogen and oxygen atoms in total. The van der Waals surface area contributed by atoms with Crippen LogP contribution >= 0.6 is 0 Å². The van der Waals surface area contributed by atoms with E-state index < -0.39 is 15.9 Å². The molecule has 1 amide bonds. The van der Waals surface area contributed by atoms with E-state index in [4.69, 9.17) is 9.47 Å². The first-order valence-electron chi connectivity index (χ1n) is 8.55. The number of carbonyl (C=O) groups excluding carboxylic acids is 1. The van der Waals surface area contributed by atoms with E-state index in [1.807, 2.05) is 6.92 Å². The predicted molar refractivity (Wildman–Crippen MR) is 104 cm³/mol. The number of carbonyl (C=O) groups is 1. The summed E-state index contributed by atoms with van der Waals surface area (Å²) in [6.07, 6.45) is 1.54. The lowest BCUT2D eigenvalue weighted by molar-refractivity contribution is 0.0979. The Morgan fingerprint density at radius 3 is 2.44 bits per heavy atom. The average Bonchev–Trinajstić information content (AvgIpc) is 3.02. The number of nitrogens with zero attached hydrogens (tertiary/aromatic N) is 1. The fraction of sp³-hybridized carbons (Fsp3) is 0.250. The minimum atomic E-state index is -3.33. The maximum absolute atomic E-state index is 13.4. The van der Waals surface area contributed by atoms with Crippen LogP contribution in [0.2, 0.25) is 0 Å². The second-order valence-corrected chi connectivity index (χ2v) is 7.96. The van der Waals surface area contributed by atoms with Gasteiger partial charge in [0.2, 0.25) is 0 Å². The van der Waals surface area contributed by atoms with Crippen LogP contribution in [0.25, 0.3) is 0 Å². The molecule has 3 rings (SSSR count). The summed E-state index contributed by atoms with van der Waals surface area (Å²) in [5.41, 5.74) is 0.965. The summed E-state index contributed by atoms with van der Waals surface area (Å²) >= 11 is 0. The molecule has 1 aliphatic heterocycles. The van der Waals surface area contributed by atoms with Crippen LogP contribution in [0.4, 0.5) is 5.69 Å². The Labute approximate surface area is 158 Å². The summed E-state index contributed by atoms with van der Waals surface area (Å²) in [5, 5.41) is 1.16. The molecule has 142 valence electrons. The topological polar surface area (TPSA) is 72.9 Å². The Morgan fingerprint density at radius 1 is 1.15 bits per heavy atom. The van der Waals surface area contributed by atoms with Crippen molar-refractivity contribution in [3.8, 4) is 11.5 Å². The molecule has 1 aliphatic rings. The van der Waals surface area contributed by atoms with Gasteiger partial charge in [0.05, 0.1) is 31.1 Å². The highest BCUT2D eigenvalue weighted by atomic mass is 32.2. The summed E-state index contributed by atoms with van der Waals surface area (Å²) < 4.78 is 34.6. The largest absolute Gasteiger partial charge is 0.497 e. The molecule has 1 atom stereocenters. The lowest BCUT2D eigenvalue weighted by Crippen LogP contribution is -2.41. The summed E-state index contributed by atoms with van der Waals surface area (Å²) in [5.74, 6) is 0.640. The maximum Gasteiger partial charge on any atom is 0.262 e. The lowest BCUT2D eigenvalue weighted by Gasteiger charge is -2.28. The van der Waals surface area contributed by atoms with Crippen LogP contribution in [-0.2, 0) is 9.84 Å². The van der Waals surface area contributed by atoms with Crippen LogP contribution in [0.1, 0.15) is 17.3 Å². The Hall–Kier alpha value is -2.80. The van der Waals surface area contributed by atoms with Crippen LogP contribution in [0.15, 0.2) is 60.0 Å². The van der Waals surface area contributed by atoms with Crippen LogP contribution in [0.3, 0.4) is 0 Å². The van der Waals surface area contributed by atoms with Crippen molar-refractivity contribution in [2.24, 2.45) is 0 Å². The van der Waals surface area contributed by atoms with Gasteiger partial charge in [-0.05, 0) is 49.4 Å². The van der Waals surface area contributed by atoms with Crippen LogP contribution in [-0.4, -0.2) is 39.8 Å². The minimum absolute atomic E-state index is 0.151. The Balaban J connectivity index is 2.04. The third kappa shape index (κ3) is 4.14. The molecule has 0 aromatic heterocycles. The molecule has 27 heavy (non-hydrogen) atoms. The second kappa shape index (κ2) is 7.84. The number of methoxy groups -OCH3 is 1. The van der Waals surface area contributed by atoms with Gasteiger partial charge in [0.15, 0.2) is 9.84 Å². The summed E-state index contributed by atoms with van der Waals surface area (Å²) in [7, 11) is -1.77. The number of para-hydroxylation sites is 1. The van der Waals surface area contributed by atoms with Crippen molar-refractivity contribution in [3.63, 3.8) is 0 Å². The van der Waals surface area contributed by atoms with Gasteiger partial charge in [-0.1, -0.05) is 12.1 Å². The van der Waals surface area contributed by atoms with Crippen LogP contribution < -0.4 is 14.4 Å². The van der Waals surface area contributed by atoms with Gasteiger partial charge in [-0.25, -0.2) is 8.42 Å². The number of hydrogen-bond acceptors (Lipinski definition) is 5. The molecule has 2 aromatic rings. The molecule has 0 saturated heterocycles. The third-order valence-corrected chi connectivity index (χ3v) is 5.61. The molecule has 0 saturated carbocycles. The SMILES string of the molecule is CCOc1ccccc1C(=O)N(c1ccc(OC)cc1)[C@H]1C=CS(=O)(=O)C1. The standard InChI is InChI=1S/C20H21NO5S/c1-3-26-19-7-5-4-6-18(19)20(22)21(16-12-13-27(23,24)14-16)15-8-10-17(25-2)11-9-15/h4-13,16H,3,14H2,1-2H3/t16-/m0/s1. The molecule has 0 spiro atoms. The molecule has 0 bridgehead atoms. The van der Waals surface area contributed by atoms with Gasteiger partial charge in [0.1, 0.15) is 11.5 Å². The number of hydrogen-bond donors (Lipinski definition) is 0. The third-order valence-electron chi connectivity index (χ3n) is 4.23. The van der Waals surface area contributed by atoms with Gasteiger partial charge in [0.25, 0.3) is 5.91 Å². The van der Waals surface area contributed by atoms with E-state index >= 15 is 0 Å². The molecule has 2 aromatic carbocycles. The summed E-state index contributed by atoms with van der Waals surface area (Å²) in [6.45, 7) is 2.26. The van der Waals surface area contributed by atoms with Gasteiger partial charge >= 0.3 is 0 Å². The Kier molecular flexibility index (Phi) is 5.51. The fourth-order valence-corrected chi connectivity index (χ4v) is 4.24. The number of amides is 1. The van der Waals surface area contributed by atoms with E-state index in [-0.39, 0.29) is 11.7 Å². The van der Waals surface area contributed by atoms with E-state index in [1.165, 1.54) is 4.90 Å². The van der Waals surface area contributed by atoms with Crippen molar-refractivity contribution in [2.75, 3.05) is 24.4 Å². The number of sulfone groups is 1.